The predicted octanol–water partition coefficient (Wildman–Crippen LogP) is 2.78. The van der Waals surface area contributed by atoms with Crippen LogP contribution in [0.4, 0.5) is 5.69 Å². The van der Waals surface area contributed by atoms with E-state index in [1.54, 1.807) is 10.9 Å². The zero-order chi connectivity index (χ0) is 16.2. The van der Waals surface area contributed by atoms with Gasteiger partial charge in [0.25, 0.3) is 0 Å². The Balaban J connectivity index is 1.56. The lowest BCUT2D eigenvalue weighted by Crippen LogP contribution is -2.15. The Labute approximate surface area is 135 Å². The lowest BCUT2D eigenvalue weighted by atomic mass is 10.1. The molecule has 0 bridgehead atoms. The number of carbonyl (C=O) groups excluding carboxylic acids is 1. The van der Waals surface area contributed by atoms with Crippen LogP contribution >= 0.6 is 0 Å². The number of amides is 1. The third-order valence-corrected chi connectivity index (χ3v) is 3.98. The number of rotatable bonds is 5. The van der Waals surface area contributed by atoms with Crippen LogP contribution in [0.1, 0.15) is 37.1 Å². The minimum atomic E-state index is 0.00108. The molecule has 0 aliphatic carbocycles. The van der Waals surface area contributed by atoms with Gasteiger partial charge in [-0.15, -0.1) is 0 Å². The Bertz CT molecular complexity index is 672. The minimum Gasteiger partial charge on any atom is -0.378 e. The number of hydrogen-bond donors (Lipinski definition) is 1. The summed E-state index contributed by atoms with van der Waals surface area (Å²) in [7, 11) is 0. The molecular formula is C17H22N4O2. The van der Waals surface area contributed by atoms with E-state index >= 15 is 0 Å². The molecular weight excluding hydrogens is 292 g/mol. The van der Waals surface area contributed by atoms with Crippen molar-refractivity contribution in [2.24, 2.45) is 0 Å². The van der Waals surface area contributed by atoms with E-state index in [9.17, 15) is 4.79 Å². The van der Waals surface area contributed by atoms with Crippen LogP contribution in [0.3, 0.4) is 0 Å². The second kappa shape index (κ2) is 6.91. The van der Waals surface area contributed by atoms with E-state index in [0.29, 0.717) is 12.1 Å². The second-order valence-corrected chi connectivity index (χ2v) is 5.97. The van der Waals surface area contributed by atoms with Gasteiger partial charge in [0.15, 0.2) is 5.82 Å². The maximum absolute atomic E-state index is 12.0. The molecule has 1 aliphatic rings. The van der Waals surface area contributed by atoms with Crippen LogP contribution in [0.25, 0.3) is 5.82 Å². The molecule has 1 N–H and O–H groups in total. The molecule has 1 fully saturated rings. The average molecular weight is 314 g/mol. The number of ether oxygens (including phenoxy) is 1. The Kier molecular flexibility index (Phi) is 4.71. The number of aromatic nitrogens is 3. The van der Waals surface area contributed by atoms with E-state index in [2.05, 4.69) is 15.4 Å². The summed E-state index contributed by atoms with van der Waals surface area (Å²) < 4.78 is 7.32. The third kappa shape index (κ3) is 3.96. The predicted molar refractivity (Wildman–Crippen MR) is 87.7 cm³/mol. The van der Waals surface area contributed by atoms with Gasteiger partial charge < -0.3 is 10.1 Å². The van der Waals surface area contributed by atoms with Crippen molar-refractivity contribution in [3.63, 3.8) is 0 Å². The molecule has 1 saturated heterocycles. The minimum absolute atomic E-state index is 0.00108. The first-order chi connectivity index (χ1) is 11.1. The molecule has 6 heteroatoms. The monoisotopic (exact) mass is 314 g/mol. The molecule has 23 heavy (non-hydrogen) atoms. The normalized spacial score (nSPS) is 17.4. The van der Waals surface area contributed by atoms with Gasteiger partial charge in [-0.2, -0.15) is 5.10 Å². The Morgan fingerprint density at radius 2 is 2.30 bits per heavy atom. The van der Waals surface area contributed by atoms with Crippen molar-refractivity contribution in [2.45, 2.75) is 45.6 Å². The molecule has 0 radical (unpaired) electrons. The largest absolute Gasteiger partial charge is 0.378 e. The molecule has 1 unspecified atom stereocenters. The lowest BCUT2D eigenvalue weighted by molar-refractivity contribution is -0.116. The quantitative estimate of drug-likeness (QED) is 0.921. The van der Waals surface area contributed by atoms with Crippen LogP contribution < -0.4 is 5.32 Å². The molecule has 2 aromatic heterocycles. The van der Waals surface area contributed by atoms with Crippen molar-refractivity contribution in [1.82, 2.24) is 14.8 Å². The number of aryl methyl sites for hydroxylation is 2. The van der Waals surface area contributed by atoms with Crippen LogP contribution in [0.2, 0.25) is 0 Å². The van der Waals surface area contributed by atoms with E-state index in [4.69, 9.17) is 4.74 Å². The van der Waals surface area contributed by atoms with E-state index in [-0.39, 0.29) is 12.0 Å². The van der Waals surface area contributed by atoms with E-state index in [1.807, 2.05) is 32.0 Å². The molecule has 0 aromatic carbocycles. The van der Waals surface area contributed by atoms with Gasteiger partial charge in [0.05, 0.1) is 23.7 Å². The highest BCUT2D eigenvalue weighted by molar-refractivity contribution is 5.90. The fraction of sp³-hybridized carbons (Fsp3) is 0.471. The number of pyridine rings is 1. The van der Waals surface area contributed by atoms with Gasteiger partial charge in [0.1, 0.15) is 0 Å². The van der Waals surface area contributed by atoms with Gasteiger partial charge in [-0.1, -0.05) is 0 Å². The molecule has 1 atom stereocenters. The number of carbonyl (C=O) groups is 1. The standard InChI is InChI=1S/C17H22N4O2/c1-12-10-13(2)21(20-12)16-7-5-14(11-18-16)19-17(22)8-6-15-4-3-9-23-15/h5,7,10-11,15H,3-4,6,8-9H2,1-2H3,(H,19,22). The summed E-state index contributed by atoms with van der Waals surface area (Å²) in [5, 5.41) is 7.28. The molecule has 1 aliphatic heterocycles. The summed E-state index contributed by atoms with van der Waals surface area (Å²) in [4.78, 5) is 16.3. The highest BCUT2D eigenvalue weighted by Crippen LogP contribution is 2.17. The Morgan fingerprint density at radius 3 is 2.91 bits per heavy atom. The van der Waals surface area contributed by atoms with Crippen LogP contribution in [-0.4, -0.2) is 33.4 Å². The molecule has 6 nitrogen and oxygen atoms in total. The fourth-order valence-electron chi connectivity index (χ4n) is 2.83. The van der Waals surface area contributed by atoms with Gasteiger partial charge in [0, 0.05) is 18.7 Å². The van der Waals surface area contributed by atoms with Crippen molar-refractivity contribution in [1.29, 1.82) is 0 Å². The average Bonchev–Trinajstić information content (AvgIpc) is 3.15. The zero-order valence-corrected chi connectivity index (χ0v) is 13.6. The zero-order valence-electron chi connectivity index (χ0n) is 13.6. The summed E-state index contributed by atoms with van der Waals surface area (Å²) in [5.74, 6) is 0.745. The number of hydrogen-bond acceptors (Lipinski definition) is 4. The van der Waals surface area contributed by atoms with Crippen LogP contribution in [0, 0.1) is 13.8 Å². The molecule has 3 rings (SSSR count). The molecule has 122 valence electrons. The number of nitrogens with one attached hydrogen (secondary N) is 1. The summed E-state index contributed by atoms with van der Waals surface area (Å²) >= 11 is 0. The third-order valence-electron chi connectivity index (χ3n) is 3.98. The lowest BCUT2D eigenvalue weighted by Gasteiger charge is -2.10. The highest BCUT2D eigenvalue weighted by atomic mass is 16.5. The van der Waals surface area contributed by atoms with Gasteiger partial charge in [-0.05, 0) is 51.3 Å². The van der Waals surface area contributed by atoms with Crippen molar-refractivity contribution >= 4 is 11.6 Å². The summed E-state index contributed by atoms with van der Waals surface area (Å²) in [6, 6.07) is 5.71. The molecule has 2 aromatic rings. The van der Waals surface area contributed by atoms with Gasteiger partial charge in [-0.25, -0.2) is 9.67 Å². The van der Waals surface area contributed by atoms with Crippen LogP contribution in [0.15, 0.2) is 24.4 Å². The van der Waals surface area contributed by atoms with E-state index < -0.39 is 0 Å². The van der Waals surface area contributed by atoms with Gasteiger partial charge >= 0.3 is 0 Å². The SMILES string of the molecule is Cc1cc(C)n(-c2ccc(NC(=O)CCC3CCCO3)cn2)n1. The summed E-state index contributed by atoms with van der Waals surface area (Å²) in [6.07, 6.45) is 5.33. The smallest absolute Gasteiger partial charge is 0.224 e. The first kappa shape index (κ1) is 15.7. The second-order valence-electron chi connectivity index (χ2n) is 5.97. The molecule has 0 spiro atoms. The maximum Gasteiger partial charge on any atom is 0.224 e. The number of nitrogens with zero attached hydrogens (tertiary/aromatic N) is 3. The summed E-state index contributed by atoms with van der Waals surface area (Å²) in [6.45, 7) is 4.76. The Hall–Kier alpha value is -2.21. The van der Waals surface area contributed by atoms with Crippen LogP contribution in [-0.2, 0) is 9.53 Å². The topological polar surface area (TPSA) is 69.0 Å². The van der Waals surface area contributed by atoms with E-state index in [1.165, 1.54) is 0 Å². The highest BCUT2D eigenvalue weighted by Gasteiger charge is 2.16. The molecule has 0 saturated carbocycles. The van der Waals surface area contributed by atoms with Gasteiger partial charge in [-0.3, -0.25) is 4.79 Å². The summed E-state index contributed by atoms with van der Waals surface area (Å²) in [5.41, 5.74) is 2.69. The van der Waals surface area contributed by atoms with Crippen molar-refractivity contribution in [3.05, 3.63) is 35.8 Å². The Morgan fingerprint density at radius 1 is 1.43 bits per heavy atom. The fourth-order valence-corrected chi connectivity index (χ4v) is 2.83. The van der Waals surface area contributed by atoms with Gasteiger partial charge in [0.2, 0.25) is 5.91 Å². The van der Waals surface area contributed by atoms with E-state index in [0.717, 1.165) is 43.1 Å². The van der Waals surface area contributed by atoms with Crippen molar-refractivity contribution in [2.75, 3.05) is 11.9 Å². The first-order valence-electron chi connectivity index (χ1n) is 8.03. The van der Waals surface area contributed by atoms with Crippen molar-refractivity contribution < 1.29 is 9.53 Å². The number of anilines is 1. The molecule has 1 amide bonds. The van der Waals surface area contributed by atoms with Crippen LogP contribution in [0.5, 0.6) is 0 Å². The molecule has 3 heterocycles. The maximum atomic E-state index is 12.0. The first-order valence-corrected chi connectivity index (χ1v) is 8.03. The van der Waals surface area contributed by atoms with Crippen molar-refractivity contribution in [3.8, 4) is 5.82 Å².